The molecule has 0 aliphatic carbocycles. The van der Waals surface area contributed by atoms with Gasteiger partial charge in [-0.2, -0.15) is 18.3 Å². The summed E-state index contributed by atoms with van der Waals surface area (Å²) in [4.78, 5) is 27.2. The molecule has 0 saturated carbocycles. The van der Waals surface area contributed by atoms with Gasteiger partial charge in [-0.1, -0.05) is 0 Å². The third-order valence-electron chi connectivity index (χ3n) is 5.43. The van der Waals surface area contributed by atoms with Crippen LogP contribution in [0.1, 0.15) is 45.8 Å². The number of carbonyl (C=O) groups excluding carboxylic acids is 2. The largest absolute Gasteiger partial charge is 0.416 e. The van der Waals surface area contributed by atoms with Crippen LogP contribution in [0.3, 0.4) is 0 Å². The lowest BCUT2D eigenvalue weighted by Gasteiger charge is -2.32. The standard InChI is InChI=1S/C20H21F3N4O3/c1-12-10-26(15-4-2-14(3-5-15)20(21,22)23)19(29)17-16(9-25-27(12)17)18(28)24-8-13-6-7-30-11-13/h2-5,9,12-13H,6-8,10-11H2,1H3,(H,24,28)/t12-,13?/m0/s1. The predicted octanol–water partition coefficient (Wildman–Crippen LogP) is 2.89. The Balaban J connectivity index is 1.57. The highest BCUT2D eigenvalue weighted by Gasteiger charge is 2.36. The Bertz CT molecular complexity index is 949. The van der Waals surface area contributed by atoms with Gasteiger partial charge in [-0.25, -0.2) is 0 Å². The second-order valence-electron chi connectivity index (χ2n) is 7.60. The Morgan fingerprint density at radius 1 is 1.30 bits per heavy atom. The number of aromatic nitrogens is 2. The minimum atomic E-state index is -4.45. The molecule has 1 aromatic heterocycles. The average Bonchev–Trinajstić information content (AvgIpc) is 3.38. The topological polar surface area (TPSA) is 76.5 Å². The van der Waals surface area contributed by atoms with Gasteiger partial charge in [0.25, 0.3) is 11.8 Å². The molecule has 1 aromatic carbocycles. The molecule has 2 aliphatic rings. The molecule has 10 heteroatoms. The summed E-state index contributed by atoms with van der Waals surface area (Å²) in [6.07, 6.45) is -2.23. The van der Waals surface area contributed by atoms with E-state index in [1.807, 2.05) is 6.92 Å². The molecule has 30 heavy (non-hydrogen) atoms. The van der Waals surface area contributed by atoms with Gasteiger partial charge in [0.2, 0.25) is 0 Å². The van der Waals surface area contributed by atoms with Crippen molar-refractivity contribution in [2.45, 2.75) is 25.6 Å². The normalized spacial score (nSPS) is 21.6. The Hall–Kier alpha value is -2.88. The number of ether oxygens (including phenoxy) is 1. The zero-order valence-electron chi connectivity index (χ0n) is 16.3. The first kappa shape index (κ1) is 20.4. The lowest BCUT2D eigenvalue weighted by atomic mass is 10.1. The monoisotopic (exact) mass is 422 g/mol. The number of anilines is 1. The maximum absolute atomic E-state index is 13.1. The smallest absolute Gasteiger partial charge is 0.381 e. The Kier molecular flexibility index (Phi) is 5.27. The number of carbonyl (C=O) groups is 2. The van der Waals surface area contributed by atoms with Crippen molar-refractivity contribution in [1.82, 2.24) is 15.1 Å². The van der Waals surface area contributed by atoms with Crippen LogP contribution in [0.2, 0.25) is 0 Å². The first-order chi connectivity index (χ1) is 14.3. The minimum absolute atomic E-state index is 0.133. The minimum Gasteiger partial charge on any atom is -0.381 e. The Morgan fingerprint density at radius 3 is 2.67 bits per heavy atom. The van der Waals surface area contributed by atoms with Crippen LogP contribution in [0, 0.1) is 5.92 Å². The SMILES string of the molecule is C[C@H]1CN(c2ccc(C(F)(F)F)cc2)C(=O)c2c(C(=O)NCC3CCOC3)cnn21. The fraction of sp³-hybridized carbons (Fsp3) is 0.450. The number of amides is 2. The van der Waals surface area contributed by atoms with Crippen LogP contribution >= 0.6 is 0 Å². The van der Waals surface area contributed by atoms with E-state index in [1.54, 1.807) is 0 Å². The number of alkyl halides is 3. The lowest BCUT2D eigenvalue weighted by Crippen LogP contribution is -2.44. The molecule has 2 atom stereocenters. The highest BCUT2D eigenvalue weighted by atomic mass is 19.4. The zero-order valence-corrected chi connectivity index (χ0v) is 16.3. The van der Waals surface area contributed by atoms with Crippen molar-refractivity contribution in [2.24, 2.45) is 5.92 Å². The van der Waals surface area contributed by atoms with E-state index < -0.39 is 23.6 Å². The number of nitrogens with zero attached hydrogens (tertiary/aromatic N) is 3. The Labute approximate surface area is 170 Å². The van der Waals surface area contributed by atoms with Gasteiger partial charge in [0.05, 0.1) is 30.0 Å². The first-order valence-corrected chi connectivity index (χ1v) is 9.68. The van der Waals surface area contributed by atoms with Crippen LogP contribution in [0.15, 0.2) is 30.5 Å². The number of nitrogens with one attached hydrogen (secondary N) is 1. The van der Waals surface area contributed by atoms with Crippen molar-refractivity contribution in [3.63, 3.8) is 0 Å². The Morgan fingerprint density at radius 2 is 2.03 bits per heavy atom. The summed E-state index contributed by atoms with van der Waals surface area (Å²) >= 11 is 0. The average molecular weight is 422 g/mol. The van der Waals surface area contributed by atoms with E-state index in [1.165, 1.54) is 27.9 Å². The van der Waals surface area contributed by atoms with Crippen LogP contribution in [-0.4, -0.2) is 47.9 Å². The van der Waals surface area contributed by atoms with E-state index in [0.717, 1.165) is 18.6 Å². The van der Waals surface area contributed by atoms with E-state index in [2.05, 4.69) is 10.4 Å². The second kappa shape index (κ2) is 7.75. The van der Waals surface area contributed by atoms with E-state index in [9.17, 15) is 22.8 Å². The maximum Gasteiger partial charge on any atom is 0.416 e. The molecule has 1 saturated heterocycles. The van der Waals surface area contributed by atoms with Crippen LogP contribution in [0.25, 0.3) is 0 Å². The van der Waals surface area contributed by atoms with Crippen molar-refractivity contribution in [3.8, 4) is 0 Å². The number of rotatable bonds is 4. The summed E-state index contributed by atoms with van der Waals surface area (Å²) in [7, 11) is 0. The number of hydrogen-bond acceptors (Lipinski definition) is 4. The molecule has 7 nitrogen and oxygen atoms in total. The summed E-state index contributed by atoms with van der Waals surface area (Å²) in [6.45, 7) is 3.76. The van der Waals surface area contributed by atoms with Crippen LogP contribution < -0.4 is 10.2 Å². The number of benzene rings is 1. The second-order valence-corrected chi connectivity index (χ2v) is 7.60. The van der Waals surface area contributed by atoms with Gasteiger partial charge < -0.3 is 15.0 Å². The summed E-state index contributed by atoms with van der Waals surface area (Å²) < 4.78 is 45.3. The number of halogens is 3. The number of fused-ring (bicyclic) bond motifs is 1. The van der Waals surface area contributed by atoms with Crippen LogP contribution in [0.5, 0.6) is 0 Å². The molecule has 0 radical (unpaired) electrons. The van der Waals surface area contributed by atoms with Gasteiger partial charge in [-0.15, -0.1) is 0 Å². The molecule has 2 aliphatic heterocycles. The van der Waals surface area contributed by atoms with Gasteiger partial charge in [-0.05, 0) is 37.6 Å². The molecule has 4 rings (SSSR count). The van der Waals surface area contributed by atoms with Crippen molar-refractivity contribution in [2.75, 3.05) is 31.2 Å². The first-order valence-electron chi connectivity index (χ1n) is 9.68. The van der Waals surface area contributed by atoms with Crippen molar-refractivity contribution < 1.29 is 27.5 Å². The van der Waals surface area contributed by atoms with E-state index in [4.69, 9.17) is 4.74 Å². The van der Waals surface area contributed by atoms with Crippen LogP contribution in [-0.2, 0) is 10.9 Å². The highest BCUT2D eigenvalue weighted by molar-refractivity contribution is 6.12. The van der Waals surface area contributed by atoms with E-state index in [-0.39, 0.29) is 29.8 Å². The molecule has 1 unspecified atom stereocenters. The van der Waals surface area contributed by atoms with E-state index in [0.29, 0.717) is 25.4 Å². The van der Waals surface area contributed by atoms with Crippen molar-refractivity contribution in [3.05, 3.63) is 47.3 Å². The molecule has 2 aromatic rings. The van der Waals surface area contributed by atoms with Crippen molar-refractivity contribution in [1.29, 1.82) is 0 Å². The quantitative estimate of drug-likeness (QED) is 0.822. The third kappa shape index (κ3) is 3.79. The lowest BCUT2D eigenvalue weighted by molar-refractivity contribution is -0.137. The maximum atomic E-state index is 13.1. The van der Waals surface area contributed by atoms with Gasteiger partial charge in [0.15, 0.2) is 0 Å². The molecule has 160 valence electrons. The van der Waals surface area contributed by atoms with Crippen molar-refractivity contribution >= 4 is 17.5 Å². The van der Waals surface area contributed by atoms with Gasteiger partial charge in [0, 0.05) is 31.3 Å². The van der Waals surface area contributed by atoms with Crippen LogP contribution in [0.4, 0.5) is 18.9 Å². The van der Waals surface area contributed by atoms with Gasteiger partial charge in [-0.3, -0.25) is 14.3 Å². The molecule has 2 amide bonds. The summed E-state index contributed by atoms with van der Waals surface area (Å²) in [5.74, 6) is -0.642. The molecule has 0 spiro atoms. The summed E-state index contributed by atoms with van der Waals surface area (Å²) in [5, 5.41) is 7.02. The van der Waals surface area contributed by atoms with Gasteiger partial charge in [0.1, 0.15) is 5.69 Å². The zero-order chi connectivity index (χ0) is 21.5. The highest BCUT2D eigenvalue weighted by Crippen LogP contribution is 2.32. The molecule has 3 heterocycles. The fourth-order valence-electron chi connectivity index (χ4n) is 3.76. The summed E-state index contributed by atoms with van der Waals surface area (Å²) in [5.41, 5.74) is -0.164. The van der Waals surface area contributed by atoms with Gasteiger partial charge >= 0.3 is 6.18 Å². The molecular formula is C20H21F3N4O3. The predicted molar refractivity (Wildman–Crippen MR) is 101 cm³/mol. The number of hydrogen-bond donors (Lipinski definition) is 1. The molecular weight excluding hydrogens is 401 g/mol. The molecule has 0 bridgehead atoms. The molecule has 1 N–H and O–H groups in total. The summed E-state index contributed by atoms with van der Waals surface area (Å²) in [6, 6.07) is 4.16. The fourth-order valence-corrected chi connectivity index (χ4v) is 3.76. The van der Waals surface area contributed by atoms with E-state index >= 15 is 0 Å². The molecule has 1 fully saturated rings. The third-order valence-corrected chi connectivity index (χ3v) is 5.43.